The number of methoxy groups -OCH3 is 1. The summed E-state index contributed by atoms with van der Waals surface area (Å²) in [5.41, 5.74) is 0. The van der Waals surface area contributed by atoms with Crippen molar-refractivity contribution in [2.24, 2.45) is 0 Å². The van der Waals surface area contributed by atoms with Crippen molar-refractivity contribution >= 4 is 29.5 Å². The average Bonchev–Trinajstić information content (AvgIpc) is 3.20. The van der Waals surface area contributed by atoms with Crippen molar-refractivity contribution < 1.29 is 19.5 Å². The standard InChI is InChI=1S/C13H16N4O3S2/c1-20-12(19)9-5-8(18)6-16(9)7-17-13(21)14-11(15-17)10-3-2-4-22-10/h2-4,8-9,18H,5-7H2,1H3,(H,14,15,21)/p+1/t8-,9-/m0/s1. The Balaban J connectivity index is 1.81. The Hall–Kier alpha value is -1.55. The highest BCUT2D eigenvalue weighted by Crippen LogP contribution is 2.20. The predicted octanol–water partition coefficient (Wildman–Crippen LogP) is -0.182. The van der Waals surface area contributed by atoms with Crippen LogP contribution in [0.1, 0.15) is 6.42 Å². The quantitative estimate of drug-likeness (QED) is 0.531. The van der Waals surface area contributed by atoms with Gasteiger partial charge in [-0.05, 0) is 23.7 Å². The lowest BCUT2D eigenvalue weighted by molar-refractivity contribution is -0.928. The van der Waals surface area contributed by atoms with Gasteiger partial charge in [0, 0.05) is 6.42 Å². The van der Waals surface area contributed by atoms with Crippen LogP contribution in [0.15, 0.2) is 17.5 Å². The average molecular weight is 341 g/mol. The molecule has 0 radical (unpaired) electrons. The van der Waals surface area contributed by atoms with Crippen molar-refractivity contribution in [2.45, 2.75) is 25.2 Å². The Bertz CT molecular complexity index is 709. The molecule has 3 N–H and O–H groups in total. The van der Waals surface area contributed by atoms with Crippen LogP contribution >= 0.6 is 23.6 Å². The van der Waals surface area contributed by atoms with Gasteiger partial charge in [-0.25, -0.2) is 9.48 Å². The molecule has 0 bridgehead atoms. The molecule has 1 fully saturated rings. The summed E-state index contributed by atoms with van der Waals surface area (Å²) in [4.78, 5) is 18.1. The van der Waals surface area contributed by atoms with Crippen LogP contribution in [-0.4, -0.2) is 51.6 Å². The van der Waals surface area contributed by atoms with Gasteiger partial charge in [0.2, 0.25) is 4.77 Å². The predicted molar refractivity (Wildman–Crippen MR) is 83.0 cm³/mol. The monoisotopic (exact) mass is 341 g/mol. The highest BCUT2D eigenvalue weighted by molar-refractivity contribution is 7.71. The van der Waals surface area contributed by atoms with Crippen molar-refractivity contribution in [1.29, 1.82) is 0 Å². The first-order chi connectivity index (χ1) is 10.6. The summed E-state index contributed by atoms with van der Waals surface area (Å²) in [5.74, 6) is 0.407. The topological polar surface area (TPSA) is 84.6 Å². The summed E-state index contributed by atoms with van der Waals surface area (Å²) < 4.78 is 6.98. The maximum absolute atomic E-state index is 11.8. The van der Waals surface area contributed by atoms with E-state index in [1.54, 1.807) is 16.0 Å². The maximum Gasteiger partial charge on any atom is 0.364 e. The number of likely N-dealkylation sites (tertiary alicyclic amines) is 1. The number of aliphatic hydroxyl groups excluding tert-OH is 1. The number of ether oxygens (including phenoxy) is 1. The van der Waals surface area contributed by atoms with Crippen LogP contribution in [-0.2, 0) is 16.2 Å². The van der Waals surface area contributed by atoms with Crippen LogP contribution < -0.4 is 4.90 Å². The van der Waals surface area contributed by atoms with E-state index in [4.69, 9.17) is 17.0 Å². The van der Waals surface area contributed by atoms with E-state index < -0.39 is 6.10 Å². The van der Waals surface area contributed by atoms with E-state index in [9.17, 15) is 9.90 Å². The normalized spacial score (nSPS) is 24.5. The SMILES string of the molecule is COC(=O)[C@@H]1C[C@H](O)C[NH+]1Cn1[nH]c(-c2cccs2)nc1=S. The van der Waals surface area contributed by atoms with E-state index in [-0.39, 0.29) is 12.0 Å². The lowest BCUT2D eigenvalue weighted by Crippen LogP contribution is -3.14. The molecule has 7 nitrogen and oxygen atoms in total. The molecule has 9 heteroatoms. The second-order valence-corrected chi connectivity index (χ2v) is 6.56. The number of aromatic amines is 1. The van der Waals surface area contributed by atoms with E-state index in [1.807, 2.05) is 17.5 Å². The van der Waals surface area contributed by atoms with Crippen molar-refractivity contribution in [2.75, 3.05) is 13.7 Å². The van der Waals surface area contributed by atoms with Gasteiger partial charge in [-0.3, -0.25) is 5.10 Å². The van der Waals surface area contributed by atoms with E-state index in [0.717, 1.165) is 9.78 Å². The third-order valence-electron chi connectivity index (χ3n) is 3.78. The molecule has 1 aliphatic heterocycles. The summed E-state index contributed by atoms with van der Waals surface area (Å²) in [6.45, 7) is 0.920. The van der Waals surface area contributed by atoms with Crippen LogP contribution in [0.3, 0.4) is 0 Å². The molecular weight excluding hydrogens is 324 g/mol. The zero-order valence-electron chi connectivity index (χ0n) is 12.0. The number of quaternary nitrogens is 1. The second kappa shape index (κ2) is 6.29. The van der Waals surface area contributed by atoms with Gasteiger partial charge in [0.15, 0.2) is 18.5 Å². The number of thiophene rings is 1. The minimum atomic E-state index is -0.507. The van der Waals surface area contributed by atoms with Gasteiger partial charge in [0.05, 0.1) is 12.0 Å². The molecule has 22 heavy (non-hydrogen) atoms. The fraction of sp³-hybridized carbons (Fsp3) is 0.462. The molecule has 2 aromatic rings. The fourth-order valence-corrected chi connectivity index (χ4v) is 3.60. The molecule has 0 saturated carbocycles. The number of rotatable bonds is 4. The fourth-order valence-electron chi connectivity index (χ4n) is 2.74. The van der Waals surface area contributed by atoms with E-state index >= 15 is 0 Å². The Morgan fingerprint density at radius 2 is 2.55 bits per heavy atom. The molecule has 0 amide bonds. The summed E-state index contributed by atoms with van der Waals surface area (Å²) in [5, 5.41) is 15.0. The van der Waals surface area contributed by atoms with Crippen LogP contribution in [0.2, 0.25) is 0 Å². The Labute approximate surface area is 136 Å². The van der Waals surface area contributed by atoms with Gasteiger partial charge in [0.1, 0.15) is 12.6 Å². The number of nitrogens with one attached hydrogen (secondary N) is 2. The van der Waals surface area contributed by atoms with Crippen molar-refractivity contribution in [3.63, 3.8) is 0 Å². The number of nitrogens with zero attached hydrogens (tertiary/aromatic N) is 2. The number of hydrogen-bond donors (Lipinski definition) is 3. The van der Waals surface area contributed by atoms with E-state index in [1.165, 1.54) is 7.11 Å². The van der Waals surface area contributed by atoms with Crippen LogP contribution in [0, 0.1) is 4.77 Å². The minimum absolute atomic E-state index is 0.309. The third-order valence-corrected chi connectivity index (χ3v) is 4.97. The number of carbonyl (C=O) groups is 1. The summed E-state index contributed by atoms with van der Waals surface area (Å²) in [6, 6.07) is 3.54. The van der Waals surface area contributed by atoms with Gasteiger partial charge in [-0.15, -0.1) is 11.3 Å². The maximum atomic E-state index is 11.8. The van der Waals surface area contributed by atoms with Gasteiger partial charge in [-0.2, -0.15) is 4.98 Å². The summed E-state index contributed by atoms with van der Waals surface area (Å²) in [6.07, 6.45) is -0.103. The second-order valence-electron chi connectivity index (χ2n) is 5.25. The molecule has 0 aromatic carbocycles. The zero-order valence-corrected chi connectivity index (χ0v) is 13.6. The zero-order chi connectivity index (χ0) is 15.7. The highest BCUT2D eigenvalue weighted by atomic mass is 32.1. The van der Waals surface area contributed by atoms with Crippen LogP contribution in [0.25, 0.3) is 10.7 Å². The number of aliphatic hydroxyl groups is 1. The first-order valence-electron chi connectivity index (χ1n) is 6.89. The van der Waals surface area contributed by atoms with Gasteiger partial charge in [-0.1, -0.05) is 6.07 Å². The number of H-pyrrole nitrogens is 1. The number of esters is 1. The number of carbonyl (C=O) groups excluding carboxylic acids is 1. The molecule has 3 atom stereocenters. The summed E-state index contributed by atoms with van der Waals surface area (Å²) in [7, 11) is 1.36. The molecule has 1 saturated heterocycles. The molecular formula is C13H17N4O3S2+. The van der Waals surface area contributed by atoms with Crippen molar-refractivity contribution in [3.8, 4) is 10.7 Å². The van der Waals surface area contributed by atoms with Crippen molar-refractivity contribution in [1.82, 2.24) is 14.8 Å². The molecule has 2 aromatic heterocycles. The molecule has 118 valence electrons. The lowest BCUT2D eigenvalue weighted by Gasteiger charge is -2.18. The van der Waals surface area contributed by atoms with Gasteiger partial charge >= 0.3 is 5.97 Å². The third kappa shape index (κ3) is 2.98. The molecule has 1 unspecified atom stereocenters. The Kier molecular flexibility index (Phi) is 4.39. The van der Waals surface area contributed by atoms with Crippen LogP contribution in [0.5, 0.6) is 0 Å². The number of hydrogen-bond acceptors (Lipinski definition) is 6. The molecule has 0 aliphatic carbocycles. The van der Waals surface area contributed by atoms with Crippen LogP contribution in [0.4, 0.5) is 0 Å². The van der Waals surface area contributed by atoms with Gasteiger partial charge in [0.25, 0.3) is 0 Å². The van der Waals surface area contributed by atoms with Gasteiger partial charge < -0.3 is 14.7 Å². The Morgan fingerprint density at radius 1 is 1.73 bits per heavy atom. The molecule has 1 aliphatic rings. The molecule has 3 rings (SSSR count). The largest absolute Gasteiger partial charge is 0.465 e. The molecule has 3 heterocycles. The molecule has 0 spiro atoms. The smallest absolute Gasteiger partial charge is 0.364 e. The summed E-state index contributed by atoms with van der Waals surface area (Å²) >= 11 is 6.85. The van der Waals surface area contributed by atoms with E-state index in [2.05, 4.69) is 10.1 Å². The van der Waals surface area contributed by atoms with E-state index in [0.29, 0.717) is 30.2 Å². The Morgan fingerprint density at radius 3 is 3.23 bits per heavy atom. The van der Waals surface area contributed by atoms with Crippen molar-refractivity contribution in [3.05, 3.63) is 22.3 Å². The minimum Gasteiger partial charge on any atom is -0.465 e. The first-order valence-corrected chi connectivity index (χ1v) is 8.18. The highest BCUT2D eigenvalue weighted by Gasteiger charge is 2.41. The first kappa shape index (κ1) is 15.3. The number of aromatic nitrogens is 3. The lowest BCUT2D eigenvalue weighted by atomic mass is 10.2.